The predicted molar refractivity (Wildman–Crippen MR) is 84.5 cm³/mol. The maximum atomic E-state index is 10.9. The third-order valence-corrected chi connectivity index (χ3v) is 4.14. The Morgan fingerprint density at radius 3 is 2.88 bits per heavy atom. The number of hydrogen-bond donors (Lipinski definition) is 1. The fraction of sp³-hybridized carbons (Fsp3) is 0.235. The molecule has 1 aliphatic rings. The highest BCUT2D eigenvalue weighted by molar-refractivity contribution is 5.86. The van der Waals surface area contributed by atoms with Crippen molar-refractivity contribution < 1.29 is 9.90 Å². The van der Waals surface area contributed by atoms with Crippen molar-refractivity contribution in [3.05, 3.63) is 53.0 Å². The van der Waals surface area contributed by atoms with Gasteiger partial charge in [0.25, 0.3) is 0 Å². The molecule has 4 rings (SSSR count). The molecule has 7 heteroatoms. The molecule has 1 saturated carbocycles. The molecule has 1 fully saturated rings. The van der Waals surface area contributed by atoms with E-state index < -0.39 is 5.97 Å². The minimum absolute atomic E-state index is 0.103. The third kappa shape index (κ3) is 2.58. The van der Waals surface area contributed by atoms with Crippen LogP contribution in [0.4, 0.5) is 0 Å². The van der Waals surface area contributed by atoms with E-state index in [1.54, 1.807) is 6.07 Å². The van der Waals surface area contributed by atoms with E-state index in [0.717, 1.165) is 10.9 Å². The summed E-state index contributed by atoms with van der Waals surface area (Å²) >= 11 is 0. The number of fused-ring (bicyclic) bond motifs is 1. The number of rotatable bonds is 4. The van der Waals surface area contributed by atoms with Crippen LogP contribution in [0.25, 0.3) is 10.9 Å². The molecule has 1 aromatic carbocycles. The molecule has 3 aromatic rings. The lowest BCUT2D eigenvalue weighted by Gasteiger charge is -2.07. The number of benzene rings is 1. The molecular weight excluding hydrogens is 306 g/mol. The normalized spacial score (nSPS) is 13.8. The molecule has 0 unspecified atom stereocenters. The predicted octanol–water partition coefficient (Wildman–Crippen LogP) is 2.32. The molecule has 0 bridgehead atoms. The first kappa shape index (κ1) is 14.3. The van der Waals surface area contributed by atoms with Crippen LogP contribution in [0, 0.1) is 11.3 Å². The molecule has 0 aliphatic heterocycles. The van der Waals surface area contributed by atoms with Gasteiger partial charge in [-0.2, -0.15) is 5.26 Å². The smallest absolute Gasteiger partial charge is 0.358 e. The Kier molecular flexibility index (Phi) is 3.24. The van der Waals surface area contributed by atoms with Crippen LogP contribution < -0.4 is 0 Å². The fourth-order valence-corrected chi connectivity index (χ4v) is 2.81. The van der Waals surface area contributed by atoms with Crippen LogP contribution in [-0.2, 0) is 6.54 Å². The van der Waals surface area contributed by atoms with Crippen LogP contribution in [0.2, 0.25) is 0 Å². The highest BCUT2D eigenvalue weighted by atomic mass is 16.4. The number of pyridine rings is 1. The number of carboxylic acid groups (broad SMARTS) is 1. The van der Waals surface area contributed by atoms with Gasteiger partial charge in [0.2, 0.25) is 0 Å². The van der Waals surface area contributed by atoms with Crippen LogP contribution in [-0.4, -0.2) is 31.1 Å². The highest BCUT2D eigenvalue weighted by Crippen LogP contribution is 2.40. The molecule has 7 nitrogen and oxygen atoms in total. The van der Waals surface area contributed by atoms with Crippen LogP contribution in [0.3, 0.4) is 0 Å². The summed E-state index contributed by atoms with van der Waals surface area (Å²) in [5.41, 5.74) is 3.15. The lowest BCUT2D eigenvalue weighted by atomic mass is 10.0. The summed E-state index contributed by atoms with van der Waals surface area (Å²) in [6.45, 7) is 0.346. The first-order chi connectivity index (χ1) is 11.6. The Hall–Kier alpha value is -3.27. The average Bonchev–Trinajstić information content (AvgIpc) is 3.32. The number of nitrogens with zero attached hydrogens (tertiary/aromatic N) is 5. The molecule has 0 radical (unpaired) electrons. The summed E-state index contributed by atoms with van der Waals surface area (Å²) in [6, 6.07) is 8.00. The molecule has 24 heavy (non-hydrogen) atoms. The van der Waals surface area contributed by atoms with Crippen LogP contribution in [0.15, 0.2) is 30.6 Å². The first-order valence-electron chi connectivity index (χ1n) is 7.60. The van der Waals surface area contributed by atoms with Gasteiger partial charge < -0.3 is 5.11 Å². The number of aromatic carboxylic acids is 1. The van der Waals surface area contributed by atoms with E-state index >= 15 is 0 Å². The molecule has 118 valence electrons. The van der Waals surface area contributed by atoms with Crippen molar-refractivity contribution in [2.45, 2.75) is 25.3 Å². The zero-order chi connectivity index (χ0) is 16.7. The summed E-state index contributed by atoms with van der Waals surface area (Å²) in [5.74, 6) is -0.528. The summed E-state index contributed by atoms with van der Waals surface area (Å²) in [6.07, 6.45) is 5.61. The van der Waals surface area contributed by atoms with Crippen molar-refractivity contribution in [2.75, 3.05) is 0 Å². The van der Waals surface area contributed by atoms with Crippen LogP contribution >= 0.6 is 0 Å². The van der Waals surface area contributed by atoms with Crippen molar-refractivity contribution in [3.8, 4) is 6.07 Å². The average molecular weight is 319 g/mol. The first-order valence-corrected chi connectivity index (χ1v) is 7.60. The second-order valence-electron chi connectivity index (χ2n) is 5.98. The standard InChI is InChI=1S/C17H13N5O2/c18-6-13-4-10(8-22-9-15(17(23)24)20-21-22)3-12-5-14(11-1-2-11)7-19-16(12)13/h3-5,7,9,11H,1-2,8H2,(H,23,24). The number of nitriles is 1. The lowest BCUT2D eigenvalue weighted by molar-refractivity contribution is 0.0690. The van der Waals surface area contributed by atoms with E-state index in [0.29, 0.717) is 23.5 Å². The lowest BCUT2D eigenvalue weighted by Crippen LogP contribution is -2.02. The fourth-order valence-electron chi connectivity index (χ4n) is 2.81. The number of carboxylic acids is 1. The van der Waals surface area contributed by atoms with Gasteiger partial charge in [-0.15, -0.1) is 5.10 Å². The Bertz CT molecular complexity index is 998. The van der Waals surface area contributed by atoms with Crippen LogP contribution in [0.1, 0.15) is 45.9 Å². The topological polar surface area (TPSA) is 105 Å². The van der Waals surface area contributed by atoms with Gasteiger partial charge in [-0.1, -0.05) is 5.21 Å². The van der Waals surface area contributed by atoms with E-state index in [4.69, 9.17) is 5.11 Å². The number of aromatic nitrogens is 4. The van der Waals surface area contributed by atoms with E-state index in [-0.39, 0.29) is 5.69 Å². The second-order valence-corrected chi connectivity index (χ2v) is 5.98. The molecule has 1 N–H and O–H groups in total. The zero-order valence-electron chi connectivity index (χ0n) is 12.7. The second kappa shape index (κ2) is 5.42. The highest BCUT2D eigenvalue weighted by Gasteiger charge is 2.24. The summed E-state index contributed by atoms with van der Waals surface area (Å²) in [4.78, 5) is 15.3. The van der Waals surface area contributed by atoms with Gasteiger partial charge in [0.05, 0.1) is 23.8 Å². The zero-order valence-corrected chi connectivity index (χ0v) is 12.7. The van der Waals surface area contributed by atoms with Gasteiger partial charge in [0, 0.05) is 11.6 Å². The van der Waals surface area contributed by atoms with E-state index in [1.165, 1.54) is 29.3 Å². The van der Waals surface area contributed by atoms with Crippen molar-refractivity contribution in [3.63, 3.8) is 0 Å². The Labute approximate surface area is 137 Å². The minimum Gasteiger partial charge on any atom is -0.476 e. The van der Waals surface area contributed by atoms with Gasteiger partial charge in [0.1, 0.15) is 6.07 Å². The summed E-state index contributed by atoms with van der Waals surface area (Å²) in [5, 5.41) is 26.6. The van der Waals surface area contributed by atoms with Crippen molar-refractivity contribution in [2.24, 2.45) is 0 Å². The maximum absolute atomic E-state index is 10.9. The number of hydrogen-bond acceptors (Lipinski definition) is 5. The van der Waals surface area contributed by atoms with E-state index in [1.807, 2.05) is 12.3 Å². The minimum atomic E-state index is -1.12. The molecule has 2 aromatic heterocycles. The maximum Gasteiger partial charge on any atom is 0.358 e. The quantitative estimate of drug-likeness (QED) is 0.791. The van der Waals surface area contributed by atoms with Gasteiger partial charge in [-0.25, -0.2) is 9.48 Å². The molecular formula is C17H13N5O2. The van der Waals surface area contributed by atoms with Gasteiger partial charge in [-0.05, 0) is 48.1 Å². The van der Waals surface area contributed by atoms with Gasteiger partial charge in [0.15, 0.2) is 5.69 Å². The van der Waals surface area contributed by atoms with E-state index in [2.05, 4.69) is 27.4 Å². The molecule has 0 atom stereocenters. The monoisotopic (exact) mass is 319 g/mol. The summed E-state index contributed by atoms with van der Waals surface area (Å²) < 4.78 is 1.45. The molecule has 0 amide bonds. The number of carbonyl (C=O) groups is 1. The Morgan fingerprint density at radius 1 is 1.38 bits per heavy atom. The molecule has 2 heterocycles. The van der Waals surface area contributed by atoms with Crippen LogP contribution in [0.5, 0.6) is 0 Å². The van der Waals surface area contributed by atoms with Crippen molar-refractivity contribution in [1.82, 2.24) is 20.0 Å². The Morgan fingerprint density at radius 2 is 2.21 bits per heavy atom. The van der Waals surface area contributed by atoms with Gasteiger partial charge >= 0.3 is 5.97 Å². The Balaban J connectivity index is 1.74. The third-order valence-electron chi connectivity index (χ3n) is 4.14. The largest absolute Gasteiger partial charge is 0.476 e. The van der Waals surface area contributed by atoms with Gasteiger partial charge in [-0.3, -0.25) is 4.98 Å². The SMILES string of the molecule is N#Cc1cc(Cn2cc(C(=O)O)nn2)cc2cc(C3CC3)cnc12. The molecule has 0 saturated heterocycles. The van der Waals surface area contributed by atoms with Crippen molar-refractivity contribution >= 4 is 16.9 Å². The molecule has 1 aliphatic carbocycles. The summed E-state index contributed by atoms with van der Waals surface area (Å²) in [7, 11) is 0. The molecule has 0 spiro atoms. The van der Waals surface area contributed by atoms with Crippen molar-refractivity contribution in [1.29, 1.82) is 5.26 Å². The van der Waals surface area contributed by atoms with E-state index in [9.17, 15) is 10.1 Å².